The number of amides is 1. The molecule has 1 saturated carbocycles. The Morgan fingerprint density at radius 2 is 1.78 bits per heavy atom. The number of rotatable bonds is 7. The zero-order valence-electron chi connectivity index (χ0n) is 22.1. The van der Waals surface area contributed by atoms with Gasteiger partial charge in [-0.1, -0.05) is 32.1 Å². The zero-order chi connectivity index (χ0) is 26.8. The van der Waals surface area contributed by atoms with Gasteiger partial charge in [-0.15, -0.1) is 11.3 Å². The van der Waals surface area contributed by atoms with Crippen LogP contribution in [0, 0.1) is 5.92 Å². The quantitative estimate of drug-likeness (QED) is 0.354. The predicted octanol–water partition coefficient (Wildman–Crippen LogP) is 7.20. The molecule has 2 N–H and O–H groups in total. The van der Waals surface area contributed by atoms with E-state index in [1.165, 1.54) is 25.3 Å². The Morgan fingerprint density at radius 3 is 2.41 bits per heavy atom. The second kappa shape index (κ2) is 11.7. The lowest BCUT2D eigenvalue weighted by atomic mass is 9.85. The fraction of sp³-hybridized carbons (Fsp3) is 0.667. The molecular formula is C27H38F3N3O2S2. The standard InChI is InChI=1S/C27H38F3N3O2S2/c1-26(2,3)32-37-25-20(27(28,29)30)16-23(36-25)19-15-22(24(34)31-18-10-12-35-13-11-18)33(4)21(19)14-17-8-6-5-7-9-17/h15-18,32H,5-14H2,1-4H3,(H,31,34). The summed E-state index contributed by atoms with van der Waals surface area (Å²) >= 11 is 2.17. The highest BCUT2D eigenvalue weighted by Crippen LogP contribution is 2.46. The number of carbonyl (C=O) groups is 1. The second-order valence-corrected chi connectivity index (χ2v) is 13.4. The number of carbonyl (C=O) groups excluding carboxylic acids is 1. The van der Waals surface area contributed by atoms with Crippen LogP contribution >= 0.6 is 23.3 Å². The number of alkyl halides is 3. The molecule has 10 heteroatoms. The molecule has 37 heavy (non-hydrogen) atoms. The Morgan fingerprint density at radius 1 is 1.11 bits per heavy atom. The monoisotopic (exact) mass is 557 g/mol. The summed E-state index contributed by atoms with van der Waals surface area (Å²) < 4.78 is 52.7. The summed E-state index contributed by atoms with van der Waals surface area (Å²) in [7, 11) is 1.87. The number of aromatic nitrogens is 1. The van der Waals surface area contributed by atoms with Crippen molar-refractivity contribution in [1.82, 2.24) is 14.6 Å². The van der Waals surface area contributed by atoms with Crippen molar-refractivity contribution in [3.05, 3.63) is 29.1 Å². The van der Waals surface area contributed by atoms with E-state index in [-0.39, 0.29) is 21.7 Å². The lowest BCUT2D eigenvalue weighted by molar-refractivity contribution is -0.139. The maximum absolute atomic E-state index is 14.0. The van der Waals surface area contributed by atoms with Crippen LogP contribution in [-0.4, -0.2) is 35.3 Å². The van der Waals surface area contributed by atoms with Gasteiger partial charge in [-0.3, -0.25) is 9.52 Å². The summed E-state index contributed by atoms with van der Waals surface area (Å²) in [6.45, 7) is 7.00. The molecule has 2 fully saturated rings. The summed E-state index contributed by atoms with van der Waals surface area (Å²) in [4.78, 5) is 13.9. The Hall–Kier alpha value is -1.49. The summed E-state index contributed by atoms with van der Waals surface area (Å²) in [5, 5.41) is 3.12. The minimum Gasteiger partial charge on any atom is -0.381 e. The van der Waals surface area contributed by atoms with Crippen molar-refractivity contribution < 1.29 is 22.7 Å². The van der Waals surface area contributed by atoms with Crippen LogP contribution in [0.2, 0.25) is 0 Å². The highest BCUT2D eigenvalue weighted by Gasteiger charge is 2.37. The van der Waals surface area contributed by atoms with Gasteiger partial charge in [-0.05, 0) is 70.0 Å². The first kappa shape index (κ1) is 28.5. The van der Waals surface area contributed by atoms with Crippen molar-refractivity contribution in [2.45, 2.75) is 94.1 Å². The Labute approximate surface area is 226 Å². The highest BCUT2D eigenvalue weighted by atomic mass is 32.2. The van der Waals surface area contributed by atoms with E-state index < -0.39 is 11.7 Å². The maximum Gasteiger partial charge on any atom is 0.418 e. The maximum atomic E-state index is 14.0. The minimum atomic E-state index is -4.46. The molecule has 206 valence electrons. The van der Waals surface area contributed by atoms with Crippen molar-refractivity contribution >= 4 is 29.2 Å². The van der Waals surface area contributed by atoms with E-state index in [4.69, 9.17) is 4.74 Å². The Balaban J connectivity index is 1.71. The number of hydrogen-bond donors (Lipinski definition) is 2. The first-order valence-electron chi connectivity index (χ1n) is 13.1. The molecule has 0 bridgehead atoms. The van der Waals surface area contributed by atoms with Gasteiger partial charge in [0.2, 0.25) is 0 Å². The average molecular weight is 558 g/mol. The molecule has 0 spiro atoms. The summed E-state index contributed by atoms with van der Waals surface area (Å²) in [5.74, 6) is 0.299. The Kier molecular flexibility index (Phi) is 9.03. The molecule has 1 amide bonds. The molecule has 0 aromatic carbocycles. The third-order valence-electron chi connectivity index (χ3n) is 7.07. The van der Waals surface area contributed by atoms with Crippen molar-refractivity contribution in [3.8, 4) is 10.4 Å². The van der Waals surface area contributed by atoms with Gasteiger partial charge >= 0.3 is 6.18 Å². The SMILES string of the molecule is Cn1c(C(=O)NC2CCOCC2)cc(-c2cc(C(F)(F)F)c(SNC(C)(C)C)s2)c1CC1CCCCC1. The van der Waals surface area contributed by atoms with Crippen LogP contribution in [0.1, 0.15) is 87.5 Å². The van der Waals surface area contributed by atoms with Gasteiger partial charge in [0.15, 0.2) is 0 Å². The van der Waals surface area contributed by atoms with Gasteiger partial charge in [0.1, 0.15) is 5.69 Å². The number of ether oxygens (including phenoxy) is 1. The summed E-state index contributed by atoms with van der Waals surface area (Å²) in [6, 6.07) is 3.10. The molecule has 1 saturated heterocycles. The second-order valence-electron chi connectivity index (χ2n) is 11.3. The molecular weight excluding hydrogens is 519 g/mol. The van der Waals surface area contributed by atoms with Crippen LogP contribution in [-0.2, 0) is 24.4 Å². The third-order valence-corrected chi connectivity index (χ3v) is 9.66. The van der Waals surface area contributed by atoms with Gasteiger partial charge in [0.05, 0.1) is 9.77 Å². The molecule has 0 radical (unpaired) electrons. The van der Waals surface area contributed by atoms with E-state index in [0.717, 1.165) is 66.6 Å². The molecule has 4 rings (SSSR count). The van der Waals surface area contributed by atoms with Crippen LogP contribution in [0.5, 0.6) is 0 Å². The van der Waals surface area contributed by atoms with Crippen molar-refractivity contribution in [1.29, 1.82) is 0 Å². The molecule has 0 unspecified atom stereocenters. The van der Waals surface area contributed by atoms with Gasteiger partial charge in [0, 0.05) is 48.0 Å². The smallest absolute Gasteiger partial charge is 0.381 e. The fourth-order valence-electron chi connectivity index (χ4n) is 5.07. The van der Waals surface area contributed by atoms with Gasteiger partial charge in [-0.2, -0.15) is 13.2 Å². The van der Waals surface area contributed by atoms with Gasteiger partial charge in [-0.25, -0.2) is 0 Å². The minimum absolute atomic E-state index is 0.0476. The first-order chi connectivity index (χ1) is 17.4. The van der Waals surface area contributed by atoms with Gasteiger partial charge in [0.25, 0.3) is 5.91 Å². The van der Waals surface area contributed by atoms with Crippen molar-refractivity contribution in [3.63, 3.8) is 0 Å². The number of hydrogen-bond acceptors (Lipinski definition) is 5. The van der Waals surface area contributed by atoms with Crippen molar-refractivity contribution in [2.24, 2.45) is 13.0 Å². The normalized spacial score (nSPS) is 18.4. The topological polar surface area (TPSA) is 55.3 Å². The largest absolute Gasteiger partial charge is 0.418 e. The van der Waals surface area contributed by atoms with Crippen LogP contribution in [0.4, 0.5) is 13.2 Å². The molecule has 2 aromatic rings. The van der Waals surface area contributed by atoms with E-state index in [1.807, 2.05) is 32.4 Å². The van der Waals surface area contributed by atoms with E-state index in [0.29, 0.717) is 29.7 Å². The van der Waals surface area contributed by atoms with Crippen molar-refractivity contribution in [2.75, 3.05) is 13.2 Å². The lowest BCUT2D eigenvalue weighted by Gasteiger charge is -2.24. The van der Waals surface area contributed by atoms with Crippen LogP contribution in [0.15, 0.2) is 16.3 Å². The van der Waals surface area contributed by atoms with Crippen LogP contribution < -0.4 is 10.0 Å². The summed E-state index contributed by atoms with van der Waals surface area (Å²) in [6.07, 6.45) is 3.65. The number of nitrogens with zero attached hydrogens (tertiary/aromatic N) is 1. The lowest BCUT2D eigenvalue weighted by Crippen LogP contribution is -2.39. The zero-order valence-corrected chi connectivity index (χ0v) is 23.7. The number of nitrogens with one attached hydrogen (secondary N) is 2. The van der Waals surface area contributed by atoms with E-state index in [1.54, 1.807) is 6.07 Å². The Bertz CT molecular complexity index is 1080. The average Bonchev–Trinajstić information content (AvgIpc) is 3.40. The van der Waals surface area contributed by atoms with E-state index in [2.05, 4.69) is 10.0 Å². The van der Waals surface area contributed by atoms with E-state index in [9.17, 15) is 18.0 Å². The van der Waals surface area contributed by atoms with Crippen LogP contribution in [0.25, 0.3) is 10.4 Å². The number of thiophene rings is 1. The van der Waals surface area contributed by atoms with Crippen LogP contribution in [0.3, 0.4) is 0 Å². The highest BCUT2D eigenvalue weighted by molar-refractivity contribution is 7.99. The predicted molar refractivity (Wildman–Crippen MR) is 144 cm³/mol. The molecule has 2 aromatic heterocycles. The third kappa shape index (κ3) is 7.34. The molecule has 2 aliphatic rings. The molecule has 1 aliphatic carbocycles. The first-order valence-corrected chi connectivity index (χ1v) is 14.8. The molecule has 0 atom stereocenters. The number of halogens is 3. The van der Waals surface area contributed by atoms with E-state index >= 15 is 0 Å². The van der Waals surface area contributed by atoms with Gasteiger partial charge < -0.3 is 14.6 Å². The molecule has 5 nitrogen and oxygen atoms in total. The fourth-order valence-corrected chi connectivity index (χ4v) is 7.26. The molecule has 1 aliphatic heterocycles. The molecule has 3 heterocycles. The summed E-state index contributed by atoms with van der Waals surface area (Å²) in [5.41, 5.74) is 1.21.